The van der Waals surface area contributed by atoms with Crippen LogP contribution in [0.25, 0.3) is 16.6 Å². The van der Waals surface area contributed by atoms with Gasteiger partial charge < -0.3 is 8.83 Å². The molecule has 0 atom stereocenters. The first kappa shape index (κ1) is 12.8. The second-order valence-corrected chi connectivity index (χ2v) is 5.32. The predicted octanol–water partition coefficient (Wildman–Crippen LogP) is 1.21. The molecule has 4 heterocycles. The molecule has 0 aromatic carbocycles. The van der Waals surface area contributed by atoms with E-state index in [1.54, 1.807) is 23.7 Å². The van der Waals surface area contributed by atoms with Crippen molar-refractivity contribution in [3.8, 4) is 11.7 Å². The highest BCUT2D eigenvalue weighted by atomic mass is 32.1. The van der Waals surface area contributed by atoms with Gasteiger partial charge in [0, 0.05) is 17.6 Å². The Labute approximate surface area is 125 Å². The summed E-state index contributed by atoms with van der Waals surface area (Å²) in [6.45, 7) is 0.0483. The van der Waals surface area contributed by atoms with Gasteiger partial charge in [-0.1, -0.05) is 0 Å². The summed E-state index contributed by atoms with van der Waals surface area (Å²) in [5.74, 6) is -0.193. The quantitative estimate of drug-likeness (QED) is 0.564. The van der Waals surface area contributed by atoms with Crippen molar-refractivity contribution in [2.75, 3.05) is 0 Å². The minimum atomic E-state index is -0.639. The van der Waals surface area contributed by atoms with Crippen LogP contribution in [0.5, 0.6) is 0 Å². The smallest absolute Gasteiger partial charge is 0.437 e. The third-order valence-corrected chi connectivity index (χ3v) is 3.76. The molecule has 0 bridgehead atoms. The lowest BCUT2D eigenvalue weighted by molar-refractivity contribution is 0.475. The normalized spacial score (nSPS) is 11.3. The highest BCUT2D eigenvalue weighted by Gasteiger charge is 2.14. The number of nitrogens with zero attached hydrogens (tertiary/aromatic N) is 4. The Kier molecular flexibility index (Phi) is 2.79. The van der Waals surface area contributed by atoms with Crippen LogP contribution in [0.4, 0.5) is 0 Å². The summed E-state index contributed by atoms with van der Waals surface area (Å²) in [4.78, 5) is 28.6. The maximum absolute atomic E-state index is 11.9. The maximum atomic E-state index is 11.9. The van der Waals surface area contributed by atoms with Crippen LogP contribution in [0.3, 0.4) is 0 Å². The van der Waals surface area contributed by atoms with Crippen molar-refractivity contribution in [3.05, 3.63) is 62.6 Å². The SMILES string of the molecule is O=c1oc(-c2ccco2)nn1Cc1cc(=O)n2ccsc2n1. The topological polar surface area (TPSA) is 95.5 Å². The van der Waals surface area contributed by atoms with Gasteiger partial charge in [-0.05, 0) is 12.1 Å². The lowest BCUT2D eigenvalue weighted by atomic mass is 10.4. The van der Waals surface area contributed by atoms with Gasteiger partial charge in [0.1, 0.15) is 0 Å². The average Bonchev–Trinajstić information content (AvgIpc) is 3.20. The molecular formula is C13H8N4O4S. The van der Waals surface area contributed by atoms with Gasteiger partial charge in [-0.25, -0.2) is 9.78 Å². The van der Waals surface area contributed by atoms with Crippen LogP contribution < -0.4 is 11.3 Å². The molecule has 0 aliphatic carbocycles. The van der Waals surface area contributed by atoms with E-state index in [-0.39, 0.29) is 18.0 Å². The Morgan fingerprint density at radius 3 is 3.05 bits per heavy atom. The second-order valence-electron chi connectivity index (χ2n) is 4.45. The van der Waals surface area contributed by atoms with Gasteiger partial charge in [0.05, 0.1) is 18.5 Å². The van der Waals surface area contributed by atoms with Gasteiger partial charge in [0.25, 0.3) is 11.4 Å². The standard InChI is InChI=1S/C13H8N4O4S/c18-10-6-8(14-12-16(10)3-5-22-12)7-17-13(19)21-11(15-17)9-2-1-4-20-9/h1-6H,7H2. The molecule has 0 radical (unpaired) electrons. The molecule has 8 nitrogen and oxygen atoms in total. The molecule has 0 fully saturated rings. The summed E-state index contributed by atoms with van der Waals surface area (Å²) in [5, 5.41) is 5.81. The van der Waals surface area contributed by atoms with E-state index in [4.69, 9.17) is 8.83 Å². The van der Waals surface area contributed by atoms with Gasteiger partial charge >= 0.3 is 5.76 Å². The molecule has 0 unspecified atom stereocenters. The van der Waals surface area contributed by atoms with Crippen molar-refractivity contribution in [1.82, 2.24) is 19.2 Å². The lowest BCUT2D eigenvalue weighted by Crippen LogP contribution is -2.20. The fraction of sp³-hybridized carbons (Fsp3) is 0.0769. The number of hydrogen-bond donors (Lipinski definition) is 0. The zero-order valence-corrected chi connectivity index (χ0v) is 11.8. The molecule has 110 valence electrons. The minimum Gasteiger partial charge on any atom is -0.459 e. The van der Waals surface area contributed by atoms with E-state index < -0.39 is 5.76 Å². The zero-order chi connectivity index (χ0) is 15.1. The van der Waals surface area contributed by atoms with Gasteiger partial charge in [0.2, 0.25) is 0 Å². The Bertz CT molecular complexity index is 1050. The summed E-state index contributed by atoms with van der Waals surface area (Å²) in [5.41, 5.74) is 0.234. The molecule has 0 saturated heterocycles. The van der Waals surface area contributed by atoms with Gasteiger partial charge in [0.15, 0.2) is 10.7 Å². The summed E-state index contributed by atoms with van der Waals surface area (Å²) < 4.78 is 12.7. The molecular weight excluding hydrogens is 308 g/mol. The van der Waals surface area contributed by atoms with Crippen molar-refractivity contribution < 1.29 is 8.83 Å². The van der Waals surface area contributed by atoms with E-state index in [1.165, 1.54) is 28.1 Å². The third kappa shape index (κ3) is 2.07. The number of aromatic nitrogens is 4. The molecule has 0 aliphatic rings. The number of rotatable bonds is 3. The molecule has 0 N–H and O–H groups in total. The maximum Gasteiger partial charge on any atom is 0.437 e. The predicted molar refractivity (Wildman–Crippen MR) is 76.9 cm³/mol. The molecule has 22 heavy (non-hydrogen) atoms. The first-order chi connectivity index (χ1) is 10.7. The first-order valence-electron chi connectivity index (χ1n) is 6.28. The largest absolute Gasteiger partial charge is 0.459 e. The Morgan fingerprint density at radius 1 is 1.32 bits per heavy atom. The first-order valence-corrected chi connectivity index (χ1v) is 7.16. The van der Waals surface area contributed by atoms with Crippen molar-refractivity contribution in [2.24, 2.45) is 0 Å². The molecule has 4 aromatic rings. The Morgan fingerprint density at radius 2 is 2.23 bits per heavy atom. The van der Waals surface area contributed by atoms with E-state index in [2.05, 4.69) is 10.1 Å². The average molecular weight is 316 g/mol. The summed E-state index contributed by atoms with van der Waals surface area (Å²) in [7, 11) is 0. The van der Waals surface area contributed by atoms with Gasteiger partial charge in [-0.15, -0.1) is 16.4 Å². The van der Waals surface area contributed by atoms with Crippen LogP contribution in [-0.4, -0.2) is 19.2 Å². The van der Waals surface area contributed by atoms with Gasteiger partial charge in [-0.2, -0.15) is 4.68 Å². The summed E-state index contributed by atoms with van der Waals surface area (Å²) in [6, 6.07) is 4.67. The fourth-order valence-electron chi connectivity index (χ4n) is 2.03. The molecule has 0 amide bonds. The number of fused-ring (bicyclic) bond motifs is 1. The van der Waals surface area contributed by atoms with E-state index in [1.807, 2.05) is 0 Å². The van der Waals surface area contributed by atoms with Crippen molar-refractivity contribution in [2.45, 2.75) is 6.54 Å². The van der Waals surface area contributed by atoms with E-state index in [0.29, 0.717) is 16.4 Å². The van der Waals surface area contributed by atoms with Crippen LogP contribution in [0.15, 0.2) is 54.5 Å². The summed E-state index contributed by atoms with van der Waals surface area (Å²) >= 11 is 1.34. The van der Waals surface area contributed by atoms with Crippen molar-refractivity contribution in [3.63, 3.8) is 0 Å². The highest BCUT2D eigenvalue weighted by Crippen LogP contribution is 2.15. The summed E-state index contributed by atoms with van der Waals surface area (Å²) in [6.07, 6.45) is 3.11. The van der Waals surface area contributed by atoms with E-state index >= 15 is 0 Å². The van der Waals surface area contributed by atoms with Crippen LogP contribution in [0, 0.1) is 0 Å². The Balaban J connectivity index is 1.73. The minimum absolute atomic E-state index is 0.0483. The number of furan rings is 1. The highest BCUT2D eigenvalue weighted by molar-refractivity contribution is 7.15. The lowest BCUT2D eigenvalue weighted by Gasteiger charge is -1.99. The Hall–Kier alpha value is -2.94. The second kappa shape index (κ2) is 4.81. The van der Waals surface area contributed by atoms with Crippen LogP contribution in [-0.2, 0) is 6.54 Å². The molecule has 9 heteroatoms. The van der Waals surface area contributed by atoms with Crippen LogP contribution in [0.2, 0.25) is 0 Å². The van der Waals surface area contributed by atoms with Crippen LogP contribution >= 0.6 is 11.3 Å². The van der Waals surface area contributed by atoms with Crippen molar-refractivity contribution in [1.29, 1.82) is 0 Å². The third-order valence-electron chi connectivity index (χ3n) is 3.01. The molecule has 0 spiro atoms. The fourth-order valence-corrected chi connectivity index (χ4v) is 2.77. The number of hydrogen-bond acceptors (Lipinski definition) is 7. The molecule has 0 saturated carbocycles. The van der Waals surface area contributed by atoms with Crippen molar-refractivity contribution >= 4 is 16.3 Å². The molecule has 4 aromatic heterocycles. The van der Waals surface area contributed by atoms with Crippen LogP contribution in [0.1, 0.15) is 5.69 Å². The van der Waals surface area contributed by atoms with Gasteiger partial charge in [-0.3, -0.25) is 9.20 Å². The van der Waals surface area contributed by atoms with E-state index in [0.717, 1.165) is 4.68 Å². The molecule has 0 aliphatic heterocycles. The zero-order valence-electron chi connectivity index (χ0n) is 11.0. The monoisotopic (exact) mass is 316 g/mol. The molecule has 4 rings (SSSR count). The van der Waals surface area contributed by atoms with E-state index in [9.17, 15) is 9.59 Å². The number of thiazole rings is 1.